The van der Waals surface area contributed by atoms with E-state index in [4.69, 9.17) is 0 Å². The van der Waals surface area contributed by atoms with Gasteiger partial charge in [0.15, 0.2) is 0 Å². The van der Waals surface area contributed by atoms with E-state index in [1.165, 1.54) is 19.2 Å². The zero-order valence-corrected chi connectivity index (χ0v) is 14.7. The maximum Gasteiger partial charge on any atom is 0.416 e. The van der Waals surface area contributed by atoms with Crippen molar-refractivity contribution < 1.29 is 22.8 Å². The van der Waals surface area contributed by atoms with Crippen LogP contribution in [0.15, 0.2) is 24.3 Å². The molecule has 0 saturated heterocycles. The van der Waals surface area contributed by atoms with Crippen LogP contribution >= 0.6 is 0 Å². The van der Waals surface area contributed by atoms with Crippen molar-refractivity contribution in [1.29, 1.82) is 0 Å². The fourth-order valence-corrected chi connectivity index (χ4v) is 2.98. The Bertz CT molecular complexity index is 665. The number of alkyl halides is 3. The van der Waals surface area contributed by atoms with Crippen molar-refractivity contribution in [3.05, 3.63) is 35.4 Å². The molecule has 2 amide bonds. The van der Waals surface area contributed by atoms with E-state index >= 15 is 0 Å². The molecule has 2 N–H and O–H groups in total. The third-order valence-electron chi connectivity index (χ3n) is 4.45. The first-order valence-corrected chi connectivity index (χ1v) is 8.15. The molecule has 4 nitrogen and oxygen atoms in total. The van der Waals surface area contributed by atoms with Crippen LogP contribution in [0.4, 0.5) is 13.2 Å². The topological polar surface area (TPSA) is 58.2 Å². The van der Waals surface area contributed by atoms with Gasteiger partial charge in [-0.1, -0.05) is 39.0 Å². The van der Waals surface area contributed by atoms with Gasteiger partial charge in [-0.3, -0.25) is 9.59 Å². The van der Waals surface area contributed by atoms with E-state index in [1.54, 1.807) is 6.07 Å². The summed E-state index contributed by atoms with van der Waals surface area (Å²) in [5.41, 5.74) is -1.07. The van der Waals surface area contributed by atoms with Crippen LogP contribution in [0.25, 0.3) is 0 Å². The van der Waals surface area contributed by atoms with Gasteiger partial charge in [0.2, 0.25) is 11.8 Å². The zero-order valence-electron chi connectivity index (χ0n) is 14.7. The first-order valence-electron chi connectivity index (χ1n) is 8.15. The molecule has 1 aromatic rings. The Morgan fingerprint density at radius 2 is 1.76 bits per heavy atom. The van der Waals surface area contributed by atoms with Gasteiger partial charge in [-0.25, -0.2) is 0 Å². The minimum atomic E-state index is -4.45. The lowest BCUT2D eigenvalue weighted by Crippen LogP contribution is -2.53. The molecule has 0 heterocycles. The van der Waals surface area contributed by atoms with Gasteiger partial charge in [-0.15, -0.1) is 0 Å². The molecular formula is C18H23F3N2O2. The van der Waals surface area contributed by atoms with Crippen molar-refractivity contribution in [2.75, 3.05) is 7.05 Å². The molecule has 0 spiro atoms. The molecule has 1 fully saturated rings. The molecule has 0 bridgehead atoms. The number of hydrogen-bond acceptors (Lipinski definition) is 2. The van der Waals surface area contributed by atoms with E-state index in [-0.39, 0.29) is 17.4 Å². The minimum absolute atomic E-state index is 0.141. The highest BCUT2D eigenvalue weighted by Crippen LogP contribution is 2.51. The number of benzene rings is 1. The second kappa shape index (κ2) is 6.69. The first kappa shape index (κ1) is 19.3. The highest BCUT2D eigenvalue weighted by molar-refractivity contribution is 5.90. The molecule has 1 aliphatic carbocycles. The summed E-state index contributed by atoms with van der Waals surface area (Å²) in [5, 5.41) is 5.20. The quantitative estimate of drug-likeness (QED) is 0.871. The van der Waals surface area contributed by atoms with E-state index in [0.717, 1.165) is 6.07 Å². The Morgan fingerprint density at radius 3 is 2.28 bits per heavy atom. The smallest absolute Gasteiger partial charge is 0.357 e. The zero-order chi connectivity index (χ0) is 19.0. The van der Waals surface area contributed by atoms with Crippen molar-refractivity contribution in [1.82, 2.24) is 10.6 Å². The second-order valence-electron chi connectivity index (χ2n) is 7.46. The fourth-order valence-electron chi connectivity index (χ4n) is 2.98. The number of amides is 2. The summed E-state index contributed by atoms with van der Waals surface area (Å²) in [6, 6.07) is 4.58. The van der Waals surface area contributed by atoms with Crippen LogP contribution in [0.3, 0.4) is 0 Å². The van der Waals surface area contributed by atoms with Gasteiger partial charge in [0.1, 0.15) is 6.04 Å². The maximum atomic E-state index is 13.1. The summed E-state index contributed by atoms with van der Waals surface area (Å²) < 4.78 is 39.4. The lowest BCUT2D eigenvalue weighted by molar-refractivity contribution is -0.138. The number of rotatable bonds is 4. The molecule has 2 rings (SSSR count). The van der Waals surface area contributed by atoms with Crippen molar-refractivity contribution in [2.24, 2.45) is 11.3 Å². The standard InChI is InChI=1S/C18H23F3N2O2/c1-17(2,3)14(16(25)22-4)23-15(24)12-9-11(12)10-7-5-6-8-13(10)18(19,20)21/h5-8,11-12,14H,9H2,1-4H3,(H,22,25)(H,23,24)/t11?,12?,14-/m1/s1. The average Bonchev–Trinajstić information content (AvgIpc) is 3.30. The molecule has 25 heavy (non-hydrogen) atoms. The Labute approximate surface area is 145 Å². The number of carbonyl (C=O) groups excluding carboxylic acids is 2. The first-order chi connectivity index (χ1) is 11.5. The lowest BCUT2D eigenvalue weighted by Gasteiger charge is -2.30. The van der Waals surface area contributed by atoms with E-state index < -0.39 is 35.0 Å². The van der Waals surface area contributed by atoms with E-state index in [1.807, 2.05) is 20.8 Å². The van der Waals surface area contributed by atoms with Crippen molar-refractivity contribution in [2.45, 2.75) is 45.3 Å². The number of halogens is 3. The predicted molar refractivity (Wildman–Crippen MR) is 87.7 cm³/mol. The molecular weight excluding hydrogens is 333 g/mol. The fraction of sp³-hybridized carbons (Fsp3) is 0.556. The maximum absolute atomic E-state index is 13.1. The van der Waals surface area contributed by atoms with Gasteiger partial charge in [-0.2, -0.15) is 13.2 Å². The van der Waals surface area contributed by atoms with Crippen molar-refractivity contribution in [3.8, 4) is 0 Å². The normalized spacial score (nSPS) is 21.4. The van der Waals surface area contributed by atoms with Gasteiger partial charge < -0.3 is 10.6 Å². The van der Waals surface area contributed by atoms with Gasteiger partial charge in [-0.05, 0) is 29.4 Å². The Balaban J connectivity index is 2.14. The largest absolute Gasteiger partial charge is 0.416 e. The van der Waals surface area contributed by atoms with Gasteiger partial charge >= 0.3 is 6.18 Å². The number of hydrogen-bond donors (Lipinski definition) is 2. The van der Waals surface area contributed by atoms with Crippen LogP contribution in [-0.2, 0) is 15.8 Å². The molecule has 0 aliphatic heterocycles. The Hall–Kier alpha value is -2.05. The highest BCUT2D eigenvalue weighted by Gasteiger charge is 2.49. The van der Waals surface area contributed by atoms with E-state index in [0.29, 0.717) is 6.42 Å². The van der Waals surface area contributed by atoms with Crippen LogP contribution < -0.4 is 10.6 Å². The molecule has 2 unspecified atom stereocenters. The summed E-state index contributed by atoms with van der Waals surface area (Å²) in [6.45, 7) is 5.45. The van der Waals surface area contributed by atoms with Crippen LogP contribution in [0.5, 0.6) is 0 Å². The third kappa shape index (κ3) is 4.32. The average molecular weight is 356 g/mol. The third-order valence-corrected chi connectivity index (χ3v) is 4.45. The monoisotopic (exact) mass is 356 g/mol. The van der Waals surface area contributed by atoms with Gasteiger partial charge in [0.05, 0.1) is 5.56 Å². The Kier molecular flexibility index (Phi) is 5.16. The summed E-state index contributed by atoms with van der Waals surface area (Å²) >= 11 is 0. The molecule has 1 saturated carbocycles. The molecule has 1 aliphatic rings. The number of nitrogens with one attached hydrogen (secondary N) is 2. The van der Waals surface area contributed by atoms with E-state index in [9.17, 15) is 22.8 Å². The van der Waals surface area contributed by atoms with Crippen LogP contribution in [0.1, 0.15) is 44.2 Å². The van der Waals surface area contributed by atoms with Crippen LogP contribution in [-0.4, -0.2) is 24.9 Å². The van der Waals surface area contributed by atoms with Crippen LogP contribution in [0.2, 0.25) is 0 Å². The van der Waals surface area contributed by atoms with Gasteiger partial charge in [0.25, 0.3) is 0 Å². The molecule has 7 heteroatoms. The summed E-state index contributed by atoms with van der Waals surface area (Å²) in [4.78, 5) is 24.5. The molecule has 1 aromatic carbocycles. The number of carbonyl (C=O) groups is 2. The second-order valence-corrected chi connectivity index (χ2v) is 7.46. The summed E-state index contributed by atoms with van der Waals surface area (Å²) in [5.74, 6) is -1.72. The van der Waals surface area contributed by atoms with Crippen molar-refractivity contribution >= 4 is 11.8 Å². The number of likely N-dealkylation sites (N-methyl/N-ethyl adjacent to an activating group) is 1. The molecule has 3 atom stereocenters. The SMILES string of the molecule is CNC(=O)[C@@H](NC(=O)C1CC1c1ccccc1C(F)(F)F)C(C)(C)C. The highest BCUT2D eigenvalue weighted by atomic mass is 19.4. The summed E-state index contributed by atoms with van der Waals surface area (Å²) in [6.07, 6.45) is -4.10. The molecule has 0 radical (unpaired) electrons. The summed E-state index contributed by atoms with van der Waals surface area (Å²) in [7, 11) is 1.48. The van der Waals surface area contributed by atoms with Crippen LogP contribution in [0, 0.1) is 11.3 Å². The van der Waals surface area contributed by atoms with Crippen molar-refractivity contribution in [3.63, 3.8) is 0 Å². The Morgan fingerprint density at radius 1 is 1.16 bits per heavy atom. The minimum Gasteiger partial charge on any atom is -0.357 e. The van der Waals surface area contributed by atoms with Gasteiger partial charge in [0, 0.05) is 13.0 Å². The molecule has 0 aromatic heterocycles. The van der Waals surface area contributed by atoms with E-state index in [2.05, 4.69) is 10.6 Å². The molecule has 138 valence electrons. The predicted octanol–water partition coefficient (Wildman–Crippen LogP) is 3.09. The lowest BCUT2D eigenvalue weighted by atomic mass is 9.86.